The lowest BCUT2D eigenvalue weighted by atomic mass is 10.2. The molecule has 0 amide bonds. The first-order chi connectivity index (χ1) is 6.59. The van der Waals surface area contributed by atoms with Crippen molar-refractivity contribution in [3.05, 3.63) is 11.6 Å². The molecule has 0 aromatic carbocycles. The molecule has 78 valence electrons. The van der Waals surface area contributed by atoms with Crippen molar-refractivity contribution in [3.63, 3.8) is 0 Å². The quantitative estimate of drug-likeness (QED) is 0.537. The molecule has 0 bridgehead atoms. The number of hydrogen-bond donors (Lipinski definition) is 1. The number of aliphatic carboxylic acids is 1. The first-order valence-electron chi connectivity index (χ1n) is 4.69. The SMILES string of the molecule is CC(=CCCC(=O)OC1CC1)C(=O)O. The number of allylic oxidation sites excluding steroid dienone is 1. The zero-order chi connectivity index (χ0) is 10.6. The van der Waals surface area contributed by atoms with Crippen molar-refractivity contribution in [2.24, 2.45) is 0 Å². The largest absolute Gasteiger partial charge is 0.478 e. The van der Waals surface area contributed by atoms with Crippen LogP contribution in [-0.4, -0.2) is 23.1 Å². The van der Waals surface area contributed by atoms with E-state index in [1.807, 2.05) is 0 Å². The number of hydrogen-bond acceptors (Lipinski definition) is 3. The molecule has 0 aliphatic heterocycles. The zero-order valence-electron chi connectivity index (χ0n) is 8.16. The smallest absolute Gasteiger partial charge is 0.330 e. The van der Waals surface area contributed by atoms with E-state index in [0.29, 0.717) is 6.42 Å². The predicted molar refractivity (Wildman–Crippen MR) is 49.7 cm³/mol. The Morgan fingerprint density at radius 3 is 2.64 bits per heavy atom. The number of carboxylic acids is 1. The van der Waals surface area contributed by atoms with E-state index in [2.05, 4.69) is 0 Å². The van der Waals surface area contributed by atoms with E-state index >= 15 is 0 Å². The van der Waals surface area contributed by atoms with Gasteiger partial charge in [0.1, 0.15) is 6.10 Å². The van der Waals surface area contributed by atoms with E-state index < -0.39 is 5.97 Å². The summed E-state index contributed by atoms with van der Waals surface area (Å²) < 4.78 is 4.99. The molecule has 1 fully saturated rings. The van der Waals surface area contributed by atoms with Crippen LogP contribution in [0.5, 0.6) is 0 Å². The molecule has 4 heteroatoms. The van der Waals surface area contributed by atoms with E-state index in [-0.39, 0.29) is 24.1 Å². The van der Waals surface area contributed by atoms with Crippen molar-refractivity contribution >= 4 is 11.9 Å². The van der Waals surface area contributed by atoms with Gasteiger partial charge in [0, 0.05) is 12.0 Å². The molecular formula is C10H14O4. The maximum Gasteiger partial charge on any atom is 0.330 e. The lowest BCUT2D eigenvalue weighted by molar-refractivity contribution is -0.144. The molecule has 0 unspecified atom stereocenters. The summed E-state index contributed by atoms with van der Waals surface area (Å²) in [5, 5.41) is 8.52. The number of ether oxygens (including phenoxy) is 1. The van der Waals surface area contributed by atoms with Crippen LogP contribution in [0.4, 0.5) is 0 Å². The average molecular weight is 198 g/mol. The van der Waals surface area contributed by atoms with Crippen LogP contribution in [0.3, 0.4) is 0 Å². The molecule has 0 radical (unpaired) electrons. The van der Waals surface area contributed by atoms with E-state index in [0.717, 1.165) is 12.8 Å². The Bertz CT molecular complexity index is 263. The van der Waals surface area contributed by atoms with Crippen LogP contribution in [0.25, 0.3) is 0 Å². The van der Waals surface area contributed by atoms with Gasteiger partial charge in [-0.2, -0.15) is 0 Å². The first kappa shape index (κ1) is 10.8. The number of carboxylic acid groups (broad SMARTS) is 1. The summed E-state index contributed by atoms with van der Waals surface area (Å²) in [5.74, 6) is -1.18. The highest BCUT2D eigenvalue weighted by Gasteiger charge is 2.25. The van der Waals surface area contributed by atoms with Crippen LogP contribution in [0, 0.1) is 0 Å². The van der Waals surface area contributed by atoms with Crippen LogP contribution in [-0.2, 0) is 14.3 Å². The Kier molecular flexibility index (Phi) is 3.68. The van der Waals surface area contributed by atoms with Crippen molar-refractivity contribution in [1.82, 2.24) is 0 Å². The van der Waals surface area contributed by atoms with E-state index in [9.17, 15) is 9.59 Å². The number of rotatable bonds is 5. The molecule has 0 atom stereocenters. The van der Waals surface area contributed by atoms with Gasteiger partial charge < -0.3 is 9.84 Å². The molecule has 0 spiro atoms. The Morgan fingerprint density at radius 1 is 1.50 bits per heavy atom. The van der Waals surface area contributed by atoms with Crippen LogP contribution >= 0.6 is 0 Å². The maximum absolute atomic E-state index is 11.0. The standard InChI is InChI=1S/C10H14O4/c1-7(10(12)13)3-2-4-9(11)14-8-5-6-8/h3,8H,2,4-6H2,1H3,(H,12,13). The second-order valence-corrected chi connectivity index (χ2v) is 3.42. The lowest BCUT2D eigenvalue weighted by Crippen LogP contribution is -2.05. The van der Waals surface area contributed by atoms with E-state index in [4.69, 9.17) is 9.84 Å². The Labute approximate surface area is 82.6 Å². The minimum Gasteiger partial charge on any atom is -0.478 e. The third kappa shape index (κ3) is 4.07. The first-order valence-corrected chi connectivity index (χ1v) is 4.69. The van der Waals surface area contributed by atoms with E-state index in [1.165, 1.54) is 13.0 Å². The Balaban J connectivity index is 2.15. The van der Waals surface area contributed by atoms with Gasteiger partial charge >= 0.3 is 11.9 Å². The highest BCUT2D eigenvalue weighted by Crippen LogP contribution is 2.24. The summed E-state index contributed by atoms with van der Waals surface area (Å²) in [7, 11) is 0. The van der Waals surface area contributed by atoms with Gasteiger partial charge in [0.2, 0.25) is 0 Å². The molecule has 14 heavy (non-hydrogen) atoms. The molecular weight excluding hydrogens is 184 g/mol. The normalized spacial score (nSPS) is 16.5. The van der Waals surface area contributed by atoms with Crippen molar-refractivity contribution in [3.8, 4) is 0 Å². The van der Waals surface area contributed by atoms with Crippen LogP contribution < -0.4 is 0 Å². The predicted octanol–water partition coefficient (Wildman–Crippen LogP) is 1.50. The third-order valence-corrected chi connectivity index (χ3v) is 1.96. The summed E-state index contributed by atoms with van der Waals surface area (Å²) in [5.41, 5.74) is 0.268. The monoisotopic (exact) mass is 198 g/mol. The van der Waals surface area contributed by atoms with Crippen molar-refractivity contribution < 1.29 is 19.4 Å². The summed E-state index contributed by atoms with van der Waals surface area (Å²) in [6.07, 6.45) is 4.30. The fourth-order valence-corrected chi connectivity index (χ4v) is 0.925. The molecule has 1 aliphatic rings. The summed E-state index contributed by atoms with van der Waals surface area (Å²) in [6.45, 7) is 1.51. The van der Waals surface area contributed by atoms with Crippen LogP contribution in [0.2, 0.25) is 0 Å². The molecule has 1 rings (SSSR count). The second-order valence-electron chi connectivity index (χ2n) is 3.42. The van der Waals surface area contributed by atoms with Crippen LogP contribution in [0.1, 0.15) is 32.6 Å². The minimum absolute atomic E-state index is 0.132. The second kappa shape index (κ2) is 4.79. The molecule has 0 aromatic heterocycles. The Hall–Kier alpha value is -1.32. The van der Waals surface area contributed by atoms with Gasteiger partial charge in [-0.3, -0.25) is 4.79 Å². The van der Waals surface area contributed by atoms with Crippen molar-refractivity contribution in [2.45, 2.75) is 38.7 Å². The van der Waals surface area contributed by atoms with E-state index in [1.54, 1.807) is 0 Å². The van der Waals surface area contributed by atoms with Gasteiger partial charge in [-0.15, -0.1) is 0 Å². The van der Waals surface area contributed by atoms with Crippen molar-refractivity contribution in [1.29, 1.82) is 0 Å². The highest BCUT2D eigenvalue weighted by atomic mass is 16.5. The number of esters is 1. The molecule has 1 N–H and O–H groups in total. The van der Waals surface area contributed by atoms with Gasteiger partial charge in [0.05, 0.1) is 0 Å². The fourth-order valence-electron chi connectivity index (χ4n) is 0.925. The maximum atomic E-state index is 11.0. The van der Waals surface area contributed by atoms with Crippen LogP contribution in [0.15, 0.2) is 11.6 Å². The van der Waals surface area contributed by atoms with Gasteiger partial charge in [0.15, 0.2) is 0 Å². The van der Waals surface area contributed by atoms with Gasteiger partial charge in [-0.1, -0.05) is 6.08 Å². The molecule has 0 heterocycles. The van der Waals surface area contributed by atoms with Gasteiger partial charge in [-0.05, 0) is 26.2 Å². The topological polar surface area (TPSA) is 63.6 Å². The fraction of sp³-hybridized carbons (Fsp3) is 0.600. The molecule has 0 saturated heterocycles. The van der Waals surface area contributed by atoms with Gasteiger partial charge in [-0.25, -0.2) is 4.79 Å². The Morgan fingerprint density at radius 2 is 2.14 bits per heavy atom. The van der Waals surface area contributed by atoms with Gasteiger partial charge in [0.25, 0.3) is 0 Å². The minimum atomic E-state index is -0.944. The summed E-state index contributed by atoms with van der Waals surface area (Å²) >= 11 is 0. The molecule has 4 nitrogen and oxygen atoms in total. The molecule has 1 saturated carbocycles. The third-order valence-electron chi connectivity index (χ3n) is 1.96. The average Bonchev–Trinajstić information content (AvgIpc) is 2.87. The molecule has 0 aromatic rings. The van der Waals surface area contributed by atoms with Crippen molar-refractivity contribution in [2.75, 3.05) is 0 Å². The highest BCUT2D eigenvalue weighted by molar-refractivity contribution is 5.85. The summed E-state index contributed by atoms with van der Waals surface area (Å²) in [4.78, 5) is 21.4. The number of carbonyl (C=O) groups is 2. The molecule has 1 aliphatic carbocycles. The number of carbonyl (C=O) groups excluding carboxylic acids is 1. The zero-order valence-corrected chi connectivity index (χ0v) is 8.16. The lowest BCUT2D eigenvalue weighted by Gasteiger charge is -2.00. The summed E-state index contributed by atoms with van der Waals surface area (Å²) in [6, 6.07) is 0.